The lowest BCUT2D eigenvalue weighted by Crippen LogP contribution is -2.29. The predicted molar refractivity (Wildman–Crippen MR) is 102 cm³/mol. The largest absolute Gasteiger partial charge is 0.508 e. The van der Waals surface area contributed by atoms with Crippen LogP contribution < -0.4 is 0 Å². The van der Waals surface area contributed by atoms with E-state index in [2.05, 4.69) is 31.0 Å². The quantitative estimate of drug-likeness (QED) is 0.919. The molecule has 0 unspecified atom stereocenters. The van der Waals surface area contributed by atoms with Crippen LogP contribution in [0.1, 0.15) is 51.4 Å². The minimum absolute atomic E-state index is 0.125. The van der Waals surface area contributed by atoms with Crippen LogP contribution in [0.5, 0.6) is 5.75 Å². The highest BCUT2D eigenvalue weighted by atomic mass is 16.3. The van der Waals surface area contributed by atoms with Gasteiger partial charge in [0.05, 0.1) is 0 Å². The summed E-state index contributed by atoms with van der Waals surface area (Å²) in [6, 6.07) is 11.6. The van der Waals surface area contributed by atoms with Gasteiger partial charge in [-0.1, -0.05) is 24.3 Å². The summed E-state index contributed by atoms with van der Waals surface area (Å²) in [6.45, 7) is 5.62. The molecule has 2 aliphatic heterocycles. The predicted octanol–water partition coefficient (Wildman–Crippen LogP) is 3.67. The van der Waals surface area contributed by atoms with Crippen LogP contribution in [0.15, 0.2) is 36.4 Å². The summed E-state index contributed by atoms with van der Waals surface area (Å²) in [5.41, 5.74) is 5.60. The first kappa shape index (κ1) is 17.1. The molecule has 4 rings (SSSR count). The summed E-state index contributed by atoms with van der Waals surface area (Å²) in [5.74, 6) is 0.986. The van der Waals surface area contributed by atoms with Crippen molar-refractivity contribution in [2.45, 2.75) is 38.8 Å². The highest BCUT2D eigenvalue weighted by molar-refractivity contribution is 5.99. The molecule has 26 heavy (non-hydrogen) atoms. The third-order valence-corrected chi connectivity index (χ3v) is 5.80. The van der Waals surface area contributed by atoms with Crippen molar-refractivity contribution < 1.29 is 9.90 Å². The second kappa shape index (κ2) is 6.76. The van der Waals surface area contributed by atoms with Crippen molar-refractivity contribution >= 4 is 5.91 Å². The summed E-state index contributed by atoms with van der Waals surface area (Å²) in [4.78, 5) is 17.2. The molecular formula is C22H26N2O2. The summed E-state index contributed by atoms with van der Waals surface area (Å²) in [5, 5.41) is 9.44. The number of aromatic hydroxyl groups is 1. The van der Waals surface area contributed by atoms with Gasteiger partial charge in [-0.05, 0) is 80.2 Å². The van der Waals surface area contributed by atoms with Crippen molar-refractivity contribution in [3.8, 4) is 5.75 Å². The number of hydrogen-bond acceptors (Lipinski definition) is 3. The van der Waals surface area contributed by atoms with Crippen LogP contribution in [0.3, 0.4) is 0 Å². The fourth-order valence-corrected chi connectivity index (χ4v) is 4.28. The van der Waals surface area contributed by atoms with Crippen LogP contribution in [0.25, 0.3) is 0 Å². The van der Waals surface area contributed by atoms with Crippen LogP contribution >= 0.6 is 0 Å². The molecule has 2 heterocycles. The second-order valence-electron chi connectivity index (χ2n) is 7.78. The zero-order valence-electron chi connectivity index (χ0n) is 15.5. The standard InChI is InChI=1S/C22H26N2O2/c1-15-11-18(17-7-9-23(2)10-8-17)12-19-14-24(22(26)21(15)19)13-16-3-5-20(25)6-4-16/h3-6,11-12,17,25H,7-10,13-14H2,1-2H3. The molecule has 4 nitrogen and oxygen atoms in total. The van der Waals surface area contributed by atoms with Gasteiger partial charge in [0.25, 0.3) is 5.91 Å². The van der Waals surface area contributed by atoms with Gasteiger partial charge in [-0.3, -0.25) is 4.79 Å². The van der Waals surface area contributed by atoms with Crippen molar-refractivity contribution in [3.05, 3.63) is 64.2 Å². The lowest BCUT2D eigenvalue weighted by atomic mass is 9.86. The van der Waals surface area contributed by atoms with Crippen LogP contribution in [-0.2, 0) is 13.1 Å². The van der Waals surface area contributed by atoms with E-state index in [1.165, 1.54) is 24.0 Å². The molecule has 0 bridgehead atoms. The maximum Gasteiger partial charge on any atom is 0.255 e. The fourth-order valence-electron chi connectivity index (χ4n) is 4.28. The number of hydrogen-bond donors (Lipinski definition) is 1. The number of benzene rings is 2. The number of phenolic OH excluding ortho intramolecular Hbond substituents is 1. The molecule has 1 fully saturated rings. The average molecular weight is 350 g/mol. The number of amides is 1. The smallest absolute Gasteiger partial charge is 0.255 e. The number of phenols is 1. The molecule has 0 radical (unpaired) electrons. The molecule has 2 aromatic rings. The number of aryl methyl sites for hydroxylation is 1. The Morgan fingerprint density at radius 3 is 2.50 bits per heavy atom. The van der Waals surface area contributed by atoms with Crippen molar-refractivity contribution in [2.24, 2.45) is 0 Å². The van der Waals surface area contributed by atoms with E-state index in [1.54, 1.807) is 12.1 Å². The fraction of sp³-hybridized carbons (Fsp3) is 0.409. The molecule has 0 atom stereocenters. The van der Waals surface area contributed by atoms with E-state index < -0.39 is 0 Å². The van der Waals surface area contributed by atoms with Gasteiger partial charge in [0.1, 0.15) is 5.75 Å². The monoisotopic (exact) mass is 350 g/mol. The lowest BCUT2D eigenvalue weighted by molar-refractivity contribution is 0.0766. The Bertz CT molecular complexity index is 821. The van der Waals surface area contributed by atoms with Gasteiger partial charge in [-0.25, -0.2) is 0 Å². The third-order valence-electron chi connectivity index (χ3n) is 5.80. The van der Waals surface area contributed by atoms with Crippen LogP contribution in [-0.4, -0.2) is 41.0 Å². The Balaban J connectivity index is 1.55. The van der Waals surface area contributed by atoms with Crippen LogP contribution in [0, 0.1) is 6.92 Å². The zero-order valence-corrected chi connectivity index (χ0v) is 15.5. The molecule has 0 aliphatic carbocycles. The number of nitrogens with zero attached hydrogens (tertiary/aromatic N) is 2. The van der Waals surface area contributed by atoms with Gasteiger partial charge in [-0.15, -0.1) is 0 Å². The molecule has 136 valence electrons. The van der Waals surface area contributed by atoms with E-state index in [4.69, 9.17) is 0 Å². The van der Waals surface area contributed by atoms with E-state index in [9.17, 15) is 9.90 Å². The Kier molecular flexibility index (Phi) is 4.45. The van der Waals surface area contributed by atoms with Crippen molar-refractivity contribution in [1.29, 1.82) is 0 Å². The minimum Gasteiger partial charge on any atom is -0.508 e. The molecule has 2 aliphatic rings. The van der Waals surface area contributed by atoms with Crippen molar-refractivity contribution in [1.82, 2.24) is 9.80 Å². The van der Waals surface area contributed by atoms with Crippen LogP contribution in [0.4, 0.5) is 0 Å². The molecular weight excluding hydrogens is 324 g/mol. The van der Waals surface area contributed by atoms with E-state index in [-0.39, 0.29) is 11.7 Å². The van der Waals surface area contributed by atoms with Gasteiger partial charge in [0, 0.05) is 18.7 Å². The Morgan fingerprint density at radius 2 is 1.81 bits per heavy atom. The lowest BCUT2D eigenvalue weighted by Gasteiger charge is -2.29. The number of carbonyl (C=O) groups is 1. The normalized spacial score (nSPS) is 18.4. The number of likely N-dealkylation sites (tertiary alicyclic amines) is 1. The maximum atomic E-state index is 12.9. The summed E-state index contributed by atoms with van der Waals surface area (Å²) in [6.07, 6.45) is 2.39. The molecule has 2 aromatic carbocycles. The molecule has 1 N–H and O–H groups in total. The Labute approximate surface area is 155 Å². The summed E-state index contributed by atoms with van der Waals surface area (Å²) in [7, 11) is 2.18. The van der Waals surface area contributed by atoms with E-state index in [0.717, 1.165) is 29.8 Å². The molecule has 1 amide bonds. The first-order chi connectivity index (χ1) is 12.5. The summed E-state index contributed by atoms with van der Waals surface area (Å²) < 4.78 is 0. The van der Waals surface area contributed by atoms with Crippen molar-refractivity contribution in [2.75, 3.05) is 20.1 Å². The highest BCUT2D eigenvalue weighted by Crippen LogP contribution is 2.34. The number of carbonyl (C=O) groups excluding carboxylic acids is 1. The second-order valence-corrected chi connectivity index (χ2v) is 7.78. The number of piperidine rings is 1. The van der Waals surface area contributed by atoms with Crippen LogP contribution in [0.2, 0.25) is 0 Å². The molecule has 0 saturated carbocycles. The molecule has 0 spiro atoms. The van der Waals surface area contributed by atoms with Crippen molar-refractivity contribution in [3.63, 3.8) is 0 Å². The molecule has 4 heteroatoms. The van der Waals surface area contributed by atoms with E-state index in [1.807, 2.05) is 17.0 Å². The Hall–Kier alpha value is -2.33. The minimum atomic E-state index is 0.125. The van der Waals surface area contributed by atoms with Gasteiger partial charge < -0.3 is 14.9 Å². The maximum absolute atomic E-state index is 12.9. The molecule has 0 aromatic heterocycles. The zero-order chi connectivity index (χ0) is 18.3. The number of rotatable bonds is 3. The highest BCUT2D eigenvalue weighted by Gasteiger charge is 2.30. The van der Waals surface area contributed by atoms with Gasteiger partial charge in [-0.2, -0.15) is 0 Å². The summed E-state index contributed by atoms with van der Waals surface area (Å²) >= 11 is 0. The number of fused-ring (bicyclic) bond motifs is 1. The Morgan fingerprint density at radius 1 is 1.12 bits per heavy atom. The molecule has 1 saturated heterocycles. The first-order valence-corrected chi connectivity index (χ1v) is 9.40. The average Bonchev–Trinajstić information content (AvgIpc) is 2.93. The van der Waals surface area contributed by atoms with Gasteiger partial charge in [0.2, 0.25) is 0 Å². The third kappa shape index (κ3) is 3.21. The van der Waals surface area contributed by atoms with Gasteiger partial charge in [0.15, 0.2) is 0 Å². The SMILES string of the molecule is Cc1cc(C2CCN(C)CC2)cc2c1C(=O)N(Cc1ccc(O)cc1)C2. The first-order valence-electron chi connectivity index (χ1n) is 9.40. The van der Waals surface area contributed by atoms with Gasteiger partial charge >= 0.3 is 0 Å². The van der Waals surface area contributed by atoms with E-state index >= 15 is 0 Å². The van der Waals surface area contributed by atoms with E-state index in [0.29, 0.717) is 19.0 Å². The topological polar surface area (TPSA) is 43.8 Å².